The van der Waals surface area contributed by atoms with Crippen LogP contribution in [0.2, 0.25) is 0 Å². The van der Waals surface area contributed by atoms with Crippen molar-refractivity contribution in [3.8, 4) is 5.75 Å². The summed E-state index contributed by atoms with van der Waals surface area (Å²) in [5, 5.41) is 0.545. The molecule has 0 bridgehead atoms. The largest absolute Gasteiger partial charge is 0.495 e. The van der Waals surface area contributed by atoms with Crippen LogP contribution in [0.25, 0.3) is 10.9 Å². The molecule has 2 aromatic carbocycles. The number of methoxy groups -OCH3 is 1. The van der Waals surface area contributed by atoms with Crippen LogP contribution in [0, 0.1) is 0 Å². The zero-order chi connectivity index (χ0) is 17.8. The van der Waals surface area contributed by atoms with E-state index in [0.717, 1.165) is 0 Å². The van der Waals surface area contributed by atoms with Crippen LogP contribution in [0.15, 0.2) is 53.3 Å². The van der Waals surface area contributed by atoms with E-state index in [2.05, 4.69) is 9.97 Å². The van der Waals surface area contributed by atoms with Crippen molar-refractivity contribution in [2.45, 2.75) is 12.8 Å². The molecule has 0 unspecified atom stereocenters. The summed E-state index contributed by atoms with van der Waals surface area (Å²) in [4.78, 5) is 33.3. The number of rotatable bonds is 5. The number of amides is 1. The average molecular weight is 337 g/mol. The summed E-state index contributed by atoms with van der Waals surface area (Å²) in [5.74, 6) is 1.06. The molecule has 1 heterocycles. The van der Waals surface area contributed by atoms with Gasteiger partial charge in [0.1, 0.15) is 11.6 Å². The van der Waals surface area contributed by atoms with Gasteiger partial charge in [0, 0.05) is 19.9 Å². The highest BCUT2D eigenvalue weighted by Gasteiger charge is 2.15. The summed E-state index contributed by atoms with van der Waals surface area (Å²) < 4.78 is 5.29. The summed E-state index contributed by atoms with van der Waals surface area (Å²) >= 11 is 0. The van der Waals surface area contributed by atoms with Gasteiger partial charge in [-0.3, -0.25) is 9.59 Å². The van der Waals surface area contributed by atoms with Gasteiger partial charge in [-0.15, -0.1) is 0 Å². The number of ether oxygens (including phenoxy) is 1. The summed E-state index contributed by atoms with van der Waals surface area (Å²) in [6.07, 6.45) is 0.591. The Morgan fingerprint density at radius 3 is 2.68 bits per heavy atom. The topological polar surface area (TPSA) is 75.3 Å². The van der Waals surface area contributed by atoms with Crippen LogP contribution < -0.4 is 15.2 Å². The molecule has 0 saturated carbocycles. The first-order chi connectivity index (χ1) is 12.1. The maximum Gasteiger partial charge on any atom is 0.258 e. The number of nitrogens with one attached hydrogen (secondary N) is 1. The molecular weight excluding hydrogens is 318 g/mol. The van der Waals surface area contributed by atoms with Gasteiger partial charge in [-0.25, -0.2) is 4.98 Å². The molecule has 1 N–H and O–H groups in total. The molecule has 1 amide bonds. The predicted octanol–water partition coefficient (Wildman–Crippen LogP) is 2.53. The van der Waals surface area contributed by atoms with Crippen molar-refractivity contribution in [2.75, 3.05) is 19.1 Å². The molecule has 0 aliphatic rings. The third kappa shape index (κ3) is 3.52. The molecule has 0 atom stereocenters. The number of carbonyl (C=O) groups excluding carboxylic acids is 1. The fourth-order valence-electron chi connectivity index (χ4n) is 2.69. The number of anilines is 1. The van der Waals surface area contributed by atoms with Gasteiger partial charge in [0.05, 0.1) is 23.7 Å². The van der Waals surface area contributed by atoms with Crippen LogP contribution in [0.4, 0.5) is 5.69 Å². The number of hydrogen-bond acceptors (Lipinski definition) is 4. The smallest absolute Gasteiger partial charge is 0.258 e. The third-order valence-electron chi connectivity index (χ3n) is 4.06. The SMILES string of the molecule is COc1ccccc1N(C)C(=O)CCc1nc2ccccc2c(=O)[nH]1. The van der Waals surface area contributed by atoms with E-state index in [1.807, 2.05) is 30.3 Å². The highest BCUT2D eigenvalue weighted by Crippen LogP contribution is 2.27. The van der Waals surface area contributed by atoms with E-state index >= 15 is 0 Å². The molecule has 128 valence electrons. The van der Waals surface area contributed by atoms with Crippen LogP contribution in [0.5, 0.6) is 5.75 Å². The molecule has 25 heavy (non-hydrogen) atoms. The Balaban J connectivity index is 1.75. The molecule has 6 heteroatoms. The molecule has 3 rings (SSSR count). The number of hydrogen-bond donors (Lipinski definition) is 1. The van der Waals surface area contributed by atoms with Crippen LogP contribution in [-0.4, -0.2) is 30.0 Å². The number of para-hydroxylation sites is 3. The predicted molar refractivity (Wildman–Crippen MR) is 97.1 cm³/mol. The zero-order valence-electron chi connectivity index (χ0n) is 14.2. The van der Waals surface area contributed by atoms with Crippen molar-refractivity contribution in [1.82, 2.24) is 9.97 Å². The average Bonchev–Trinajstić information content (AvgIpc) is 2.65. The Bertz CT molecular complexity index is 965. The zero-order valence-corrected chi connectivity index (χ0v) is 14.2. The van der Waals surface area contributed by atoms with Gasteiger partial charge in [-0.2, -0.15) is 0 Å². The quantitative estimate of drug-likeness (QED) is 0.776. The van der Waals surface area contributed by atoms with Gasteiger partial charge in [0.2, 0.25) is 5.91 Å². The maximum atomic E-state index is 12.5. The molecule has 0 radical (unpaired) electrons. The molecule has 0 spiro atoms. The molecular formula is C19H19N3O3. The van der Waals surface area contributed by atoms with E-state index in [1.54, 1.807) is 37.3 Å². The minimum atomic E-state index is -0.189. The van der Waals surface area contributed by atoms with Crippen LogP contribution in [0.1, 0.15) is 12.2 Å². The first kappa shape index (κ1) is 16.7. The number of aromatic amines is 1. The lowest BCUT2D eigenvalue weighted by Gasteiger charge is -2.19. The van der Waals surface area contributed by atoms with Gasteiger partial charge in [-0.05, 0) is 24.3 Å². The standard InChI is InChI=1S/C19H19N3O3/c1-22(15-9-5-6-10-16(15)25-2)18(23)12-11-17-20-14-8-4-3-7-13(14)19(24)21-17/h3-10H,11-12H2,1-2H3,(H,20,21,24). The van der Waals surface area contributed by atoms with Gasteiger partial charge >= 0.3 is 0 Å². The van der Waals surface area contributed by atoms with Crippen LogP contribution in [-0.2, 0) is 11.2 Å². The first-order valence-corrected chi connectivity index (χ1v) is 7.97. The molecule has 0 aliphatic heterocycles. The van der Waals surface area contributed by atoms with Gasteiger partial charge < -0.3 is 14.6 Å². The minimum Gasteiger partial charge on any atom is -0.495 e. The first-order valence-electron chi connectivity index (χ1n) is 7.97. The molecule has 3 aromatic rings. The number of aryl methyl sites for hydroxylation is 1. The Morgan fingerprint density at radius 2 is 1.88 bits per heavy atom. The Kier molecular flexibility index (Phi) is 4.79. The Labute approximate surface area is 145 Å². The minimum absolute atomic E-state index is 0.0830. The van der Waals surface area contributed by atoms with Crippen LogP contribution >= 0.6 is 0 Å². The van der Waals surface area contributed by atoms with Gasteiger partial charge in [0.25, 0.3) is 5.56 Å². The van der Waals surface area contributed by atoms with E-state index < -0.39 is 0 Å². The summed E-state index contributed by atoms with van der Waals surface area (Å²) in [6.45, 7) is 0. The number of nitrogens with zero attached hydrogens (tertiary/aromatic N) is 2. The number of H-pyrrole nitrogens is 1. The summed E-state index contributed by atoms with van der Waals surface area (Å²) in [5.41, 5.74) is 1.15. The van der Waals surface area contributed by atoms with E-state index in [4.69, 9.17) is 4.74 Å². The highest BCUT2D eigenvalue weighted by atomic mass is 16.5. The highest BCUT2D eigenvalue weighted by molar-refractivity contribution is 5.94. The van der Waals surface area contributed by atoms with Crippen molar-refractivity contribution >= 4 is 22.5 Å². The second kappa shape index (κ2) is 7.17. The number of aromatic nitrogens is 2. The number of carbonyl (C=O) groups is 1. The summed E-state index contributed by atoms with van der Waals surface area (Å²) in [7, 11) is 3.28. The number of fused-ring (bicyclic) bond motifs is 1. The van der Waals surface area contributed by atoms with E-state index in [0.29, 0.717) is 34.6 Å². The molecule has 0 aliphatic carbocycles. The van der Waals surface area contributed by atoms with E-state index in [9.17, 15) is 9.59 Å². The lowest BCUT2D eigenvalue weighted by molar-refractivity contribution is -0.118. The number of benzene rings is 2. The van der Waals surface area contributed by atoms with Crippen LogP contribution in [0.3, 0.4) is 0 Å². The monoisotopic (exact) mass is 337 g/mol. The Hall–Kier alpha value is -3.15. The lowest BCUT2D eigenvalue weighted by Crippen LogP contribution is -2.27. The van der Waals surface area contributed by atoms with Gasteiger partial charge in [0.15, 0.2) is 0 Å². The van der Waals surface area contributed by atoms with Crippen molar-refractivity contribution in [2.24, 2.45) is 0 Å². The van der Waals surface area contributed by atoms with Crippen molar-refractivity contribution < 1.29 is 9.53 Å². The Morgan fingerprint density at radius 1 is 1.16 bits per heavy atom. The lowest BCUT2D eigenvalue weighted by atomic mass is 10.2. The fourth-order valence-corrected chi connectivity index (χ4v) is 2.69. The van der Waals surface area contributed by atoms with Crippen molar-refractivity contribution in [1.29, 1.82) is 0 Å². The van der Waals surface area contributed by atoms with Crippen molar-refractivity contribution in [3.05, 3.63) is 64.7 Å². The van der Waals surface area contributed by atoms with E-state index in [1.165, 1.54) is 0 Å². The maximum absolute atomic E-state index is 12.5. The normalized spacial score (nSPS) is 10.6. The molecule has 0 fully saturated rings. The summed E-state index contributed by atoms with van der Waals surface area (Å²) in [6, 6.07) is 14.5. The second-order valence-electron chi connectivity index (χ2n) is 5.65. The van der Waals surface area contributed by atoms with E-state index in [-0.39, 0.29) is 17.9 Å². The van der Waals surface area contributed by atoms with Crippen molar-refractivity contribution in [3.63, 3.8) is 0 Å². The third-order valence-corrected chi connectivity index (χ3v) is 4.06. The fraction of sp³-hybridized carbons (Fsp3) is 0.211. The molecule has 1 aromatic heterocycles. The second-order valence-corrected chi connectivity index (χ2v) is 5.65. The molecule has 6 nitrogen and oxygen atoms in total. The molecule has 0 saturated heterocycles. The van der Waals surface area contributed by atoms with Gasteiger partial charge in [-0.1, -0.05) is 24.3 Å².